The molecule has 3 rings (SSSR count). The summed E-state index contributed by atoms with van der Waals surface area (Å²) in [5.41, 5.74) is 2.01. The van der Waals surface area contributed by atoms with Crippen molar-refractivity contribution in [1.29, 1.82) is 0 Å². The number of halogens is 1. The maximum atomic E-state index is 12.0. The quantitative estimate of drug-likeness (QED) is 0.473. The first-order chi connectivity index (χ1) is 12.6. The number of nitrogens with one attached hydrogen (secondary N) is 1. The number of carbonyl (C=O) groups is 1. The molecule has 26 heavy (non-hydrogen) atoms. The Hall–Kier alpha value is -2.15. The highest BCUT2D eigenvalue weighted by molar-refractivity contribution is 7.15. The van der Waals surface area contributed by atoms with Crippen molar-refractivity contribution in [3.63, 3.8) is 0 Å². The highest BCUT2D eigenvalue weighted by Gasteiger charge is 2.08. The van der Waals surface area contributed by atoms with Gasteiger partial charge < -0.3 is 10.2 Å². The molecule has 3 aromatic rings. The largest absolute Gasteiger partial charge is 0.353 e. The number of carbonyl (C=O) groups excluding carboxylic acids is 1. The molecule has 0 saturated heterocycles. The summed E-state index contributed by atoms with van der Waals surface area (Å²) in [6, 6.07) is 10.4. The lowest BCUT2D eigenvalue weighted by molar-refractivity contribution is -0.116. The zero-order valence-electron chi connectivity index (χ0n) is 14.6. The molecule has 0 fully saturated rings. The lowest BCUT2D eigenvalue weighted by Gasteiger charge is -2.16. The number of nitrogens with zero attached hydrogens (tertiary/aromatic N) is 3. The number of benzene rings is 1. The van der Waals surface area contributed by atoms with Crippen LogP contribution in [0.2, 0.25) is 5.15 Å². The molecule has 0 aliphatic carbocycles. The van der Waals surface area contributed by atoms with Crippen molar-refractivity contribution in [2.45, 2.75) is 13.0 Å². The van der Waals surface area contributed by atoms with E-state index in [0.29, 0.717) is 11.7 Å². The van der Waals surface area contributed by atoms with E-state index in [0.717, 1.165) is 30.2 Å². The minimum Gasteiger partial charge on any atom is -0.353 e. The van der Waals surface area contributed by atoms with Crippen LogP contribution in [0.15, 0.2) is 48.0 Å². The van der Waals surface area contributed by atoms with E-state index in [9.17, 15) is 4.79 Å². The maximum absolute atomic E-state index is 12.0. The van der Waals surface area contributed by atoms with Crippen LogP contribution in [0.25, 0.3) is 11.0 Å². The van der Waals surface area contributed by atoms with Crippen LogP contribution in [0.1, 0.15) is 17.7 Å². The lowest BCUT2D eigenvalue weighted by atomic mass is 10.2. The van der Waals surface area contributed by atoms with Gasteiger partial charge in [-0.2, -0.15) is 0 Å². The van der Waals surface area contributed by atoms with Crippen molar-refractivity contribution in [2.24, 2.45) is 0 Å². The Balaban J connectivity index is 1.40. The van der Waals surface area contributed by atoms with Crippen LogP contribution in [-0.2, 0) is 11.3 Å². The second-order valence-corrected chi connectivity index (χ2v) is 7.28. The molecule has 0 saturated carbocycles. The standard InChI is InChI=1S/C19H21ClN4OS/c1-23(14-15-6-3-2-4-7-15)11-5-10-21-17(25)9-8-16-18(20)22-19-24(16)12-13-26-19/h2-4,6-9,12-13H,5,10-11,14H2,1H3,(H,21,25)/b9-8+. The van der Waals surface area contributed by atoms with Gasteiger partial charge in [0.15, 0.2) is 10.1 Å². The average Bonchev–Trinajstić information content (AvgIpc) is 3.18. The predicted octanol–water partition coefficient (Wildman–Crippen LogP) is 3.70. The van der Waals surface area contributed by atoms with Crippen LogP contribution in [0.4, 0.5) is 0 Å². The van der Waals surface area contributed by atoms with Gasteiger partial charge in [0, 0.05) is 30.7 Å². The number of fused-ring (bicyclic) bond motifs is 1. The summed E-state index contributed by atoms with van der Waals surface area (Å²) in [6.45, 7) is 2.46. The number of imidazole rings is 1. The first-order valence-corrected chi connectivity index (χ1v) is 9.68. The molecule has 2 heterocycles. The zero-order valence-corrected chi connectivity index (χ0v) is 16.1. The summed E-state index contributed by atoms with van der Waals surface area (Å²) in [5, 5.41) is 5.24. The fourth-order valence-corrected chi connectivity index (χ4v) is 3.68. The third-order valence-corrected chi connectivity index (χ3v) is 4.99. The summed E-state index contributed by atoms with van der Waals surface area (Å²) in [4.78, 5) is 19.3. The molecule has 1 aromatic carbocycles. The van der Waals surface area contributed by atoms with E-state index in [1.165, 1.54) is 23.0 Å². The summed E-state index contributed by atoms with van der Waals surface area (Å²) < 4.78 is 1.87. The highest BCUT2D eigenvalue weighted by atomic mass is 35.5. The second-order valence-electron chi connectivity index (χ2n) is 6.04. The Labute approximate surface area is 161 Å². The number of aromatic nitrogens is 2. The topological polar surface area (TPSA) is 49.6 Å². The zero-order chi connectivity index (χ0) is 18.4. The molecular formula is C19H21ClN4OS. The average molecular weight is 389 g/mol. The van der Waals surface area contributed by atoms with Gasteiger partial charge >= 0.3 is 0 Å². The van der Waals surface area contributed by atoms with Gasteiger partial charge in [-0.3, -0.25) is 9.20 Å². The van der Waals surface area contributed by atoms with Crippen LogP contribution < -0.4 is 5.32 Å². The van der Waals surface area contributed by atoms with Crippen molar-refractivity contribution in [1.82, 2.24) is 19.6 Å². The van der Waals surface area contributed by atoms with Crippen LogP contribution in [0.5, 0.6) is 0 Å². The van der Waals surface area contributed by atoms with Crippen molar-refractivity contribution in [2.75, 3.05) is 20.1 Å². The highest BCUT2D eigenvalue weighted by Crippen LogP contribution is 2.22. The van der Waals surface area contributed by atoms with E-state index in [2.05, 4.69) is 34.4 Å². The van der Waals surface area contributed by atoms with E-state index >= 15 is 0 Å². The summed E-state index contributed by atoms with van der Waals surface area (Å²) >= 11 is 7.61. The van der Waals surface area contributed by atoms with E-state index in [4.69, 9.17) is 11.6 Å². The molecule has 1 N–H and O–H groups in total. The number of amides is 1. The monoisotopic (exact) mass is 388 g/mol. The van der Waals surface area contributed by atoms with Gasteiger partial charge in [-0.05, 0) is 31.7 Å². The molecule has 2 aromatic heterocycles. The Morgan fingerprint density at radius 1 is 1.38 bits per heavy atom. The Kier molecular flexibility index (Phi) is 6.44. The smallest absolute Gasteiger partial charge is 0.244 e. The number of hydrogen-bond acceptors (Lipinski definition) is 4. The molecule has 0 bridgehead atoms. The van der Waals surface area contributed by atoms with Crippen LogP contribution in [0, 0.1) is 0 Å². The molecule has 1 amide bonds. The SMILES string of the molecule is CN(CCCNC(=O)/C=C/c1c(Cl)nc2sccn12)Cc1ccccc1. The first kappa shape index (κ1) is 18.6. The number of rotatable bonds is 8. The first-order valence-electron chi connectivity index (χ1n) is 8.43. The van der Waals surface area contributed by atoms with Crippen molar-refractivity contribution in [3.05, 3.63) is 64.4 Å². The van der Waals surface area contributed by atoms with Gasteiger partial charge in [0.05, 0.1) is 5.69 Å². The second kappa shape index (κ2) is 8.98. The van der Waals surface area contributed by atoms with E-state index < -0.39 is 0 Å². The fraction of sp³-hybridized carbons (Fsp3) is 0.263. The molecule has 5 nitrogen and oxygen atoms in total. The molecule has 0 spiro atoms. The van der Waals surface area contributed by atoms with Crippen LogP contribution >= 0.6 is 22.9 Å². The van der Waals surface area contributed by atoms with Gasteiger partial charge in [-0.15, -0.1) is 11.3 Å². The Morgan fingerprint density at radius 2 is 2.19 bits per heavy atom. The molecule has 0 atom stereocenters. The van der Waals surface area contributed by atoms with Crippen molar-refractivity contribution >= 4 is 39.9 Å². The summed E-state index contributed by atoms with van der Waals surface area (Å²) in [7, 11) is 2.09. The fourth-order valence-electron chi connectivity index (χ4n) is 2.67. The lowest BCUT2D eigenvalue weighted by Crippen LogP contribution is -2.26. The third-order valence-electron chi connectivity index (χ3n) is 3.96. The van der Waals surface area contributed by atoms with Gasteiger partial charge in [0.1, 0.15) is 0 Å². The van der Waals surface area contributed by atoms with Gasteiger partial charge in [-0.25, -0.2) is 4.98 Å². The van der Waals surface area contributed by atoms with Crippen LogP contribution in [0.3, 0.4) is 0 Å². The molecule has 0 unspecified atom stereocenters. The van der Waals surface area contributed by atoms with Gasteiger partial charge in [0.2, 0.25) is 5.91 Å². The Bertz CT molecular complexity index is 887. The Morgan fingerprint density at radius 3 is 3.00 bits per heavy atom. The third kappa shape index (κ3) is 4.94. The summed E-state index contributed by atoms with van der Waals surface area (Å²) in [5.74, 6) is -0.128. The minimum absolute atomic E-state index is 0.128. The molecule has 0 aliphatic rings. The molecule has 136 valence electrons. The van der Waals surface area contributed by atoms with Crippen LogP contribution in [-0.4, -0.2) is 40.3 Å². The number of hydrogen-bond donors (Lipinski definition) is 1. The van der Waals surface area contributed by atoms with Gasteiger partial charge in [-0.1, -0.05) is 41.9 Å². The minimum atomic E-state index is -0.128. The summed E-state index contributed by atoms with van der Waals surface area (Å²) in [6.07, 6.45) is 5.98. The van der Waals surface area contributed by atoms with E-state index in [1.807, 2.05) is 34.2 Å². The van der Waals surface area contributed by atoms with E-state index in [1.54, 1.807) is 6.08 Å². The van der Waals surface area contributed by atoms with E-state index in [-0.39, 0.29) is 5.91 Å². The maximum Gasteiger partial charge on any atom is 0.244 e. The van der Waals surface area contributed by atoms with Crippen molar-refractivity contribution < 1.29 is 4.79 Å². The normalized spacial score (nSPS) is 11.7. The predicted molar refractivity (Wildman–Crippen MR) is 108 cm³/mol. The van der Waals surface area contributed by atoms with Gasteiger partial charge in [0.25, 0.3) is 0 Å². The molecule has 0 aliphatic heterocycles. The molecular weight excluding hydrogens is 368 g/mol. The van der Waals surface area contributed by atoms with Crippen molar-refractivity contribution in [3.8, 4) is 0 Å². The number of thiazole rings is 1. The molecule has 7 heteroatoms. The molecule has 0 radical (unpaired) electrons.